The van der Waals surface area contributed by atoms with E-state index in [1.807, 2.05) is 6.92 Å². The van der Waals surface area contributed by atoms with Crippen molar-refractivity contribution in [2.24, 2.45) is 0 Å². The molecular weight excluding hydrogens is 257 g/mol. The normalized spacial score (nSPS) is 10.2. The third-order valence-corrected chi connectivity index (χ3v) is 2.51. The molecule has 0 aliphatic carbocycles. The van der Waals surface area contributed by atoms with Crippen molar-refractivity contribution in [3.05, 3.63) is 15.5 Å². The highest BCUT2D eigenvalue weighted by molar-refractivity contribution is 9.10. The molecule has 0 bridgehead atoms. The zero-order valence-corrected chi connectivity index (χ0v) is 9.35. The van der Waals surface area contributed by atoms with Gasteiger partial charge in [-0.25, -0.2) is 4.98 Å². The van der Waals surface area contributed by atoms with Crippen LogP contribution in [0.4, 0.5) is 5.82 Å². The first kappa shape index (κ1) is 10.7. The van der Waals surface area contributed by atoms with Crippen molar-refractivity contribution in [3.63, 3.8) is 0 Å². The Morgan fingerprint density at radius 2 is 2.23 bits per heavy atom. The molecular formula is C7H9BrClN3O. The van der Waals surface area contributed by atoms with Gasteiger partial charge in [-0.1, -0.05) is 0 Å². The Hall–Kier alpha value is -0.390. The van der Waals surface area contributed by atoms with E-state index < -0.39 is 0 Å². The molecule has 0 aromatic carbocycles. The van der Waals surface area contributed by atoms with Crippen LogP contribution in [0.5, 0.6) is 0 Å². The van der Waals surface area contributed by atoms with E-state index in [1.165, 1.54) is 0 Å². The molecule has 0 aliphatic heterocycles. The van der Waals surface area contributed by atoms with E-state index in [1.54, 1.807) is 0 Å². The maximum absolute atomic E-state index is 8.60. The van der Waals surface area contributed by atoms with Gasteiger partial charge in [-0.3, -0.25) is 0 Å². The van der Waals surface area contributed by atoms with Gasteiger partial charge in [-0.05, 0) is 34.5 Å². The van der Waals surface area contributed by atoms with Crippen molar-refractivity contribution in [2.45, 2.75) is 6.92 Å². The second-order valence-corrected chi connectivity index (χ2v) is 3.52. The summed E-state index contributed by atoms with van der Waals surface area (Å²) < 4.78 is 0.769. The molecule has 0 spiro atoms. The second-order valence-electron chi connectivity index (χ2n) is 2.39. The van der Waals surface area contributed by atoms with E-state index in [4.69, 9.17) is 16.7 Å². The third kappa shape index (κ3) is 2.79. The van der Waals surface area contributed by atoms with Crippen LogP contribution in [0, 0.1) is 6.92 Å². The van der Waals surface area contributed by atoms with Crippen LogP contribution < -0.4 is 5.32 Å². The second kappa shape index (κ2) is 4.74. The molecule has 0 saturated carbocycles. The lowest BCUT2D eigenvalue weighted by molar-refractivity contribution is 0.311. The molecule has 13 heavy (non-hydrogen) atoms. The van der Waals surface area contributed by atoms with Crippen LogP contribution in [0.25, 0.3) is 0 Å². The zero-order valence-electron chi connectivity index (χ0n) is 7.01. The molecule has 1 aromatic rings. The Kier molecular flexibility index (Phi) is 3.90. The Bertz CT molecular complexity index is 308. The van der Waals surface area contributed by atoms with Crippen LogP contribution in [0.15, 0.2) is 4.47 Å². The van der Waals surface area contributed by atoms with Crippen molar-refractivity contribution in [1.29, 1.82) is 0 Å². The summed E-state index contributed by atoms with van der Waals surface area (Å²) in [6.07, 6.45) is 0. The topological polar surface area (TPSA) is 58.0 Å². The minimum Gasteiger partial charge on any atom is -0.395 e. The molecule has 0 unspecified atom stereocenters. The molecule has 0 radical (unpaired) electrons. The molecule has 0 saturated heterocycles. The van der Waals surface area contributed by atoms with Crippen molar-refractivity contribution < 1.29 is 5.11 Å². The fraction of sp³-hybridized carbons (Fsp3) is 0.429. The number of anilines is 1. The standard InChI is InChI=1S/C7H9BrClN3O/c1-4-5(8)6(10-2-3-13)12-7(9)11-4/h13H,2-3H2,1H3,(H,10,11,12). The van der Waals surface area contributed by atoms with Gasteiger partial charge in [0, 0.05) is 6.54 Å². The van der Waals surface area contributed by atoms with Crippen molar-refractivity contribution in [1.82, 2.24) is 9.97 Å². The number of nitrogens with zero attached hydrogens (tertiary/aromatic N) is 2. The SMILES string of the molecule is Cc1nc(Cl)nc(NCCO)c1Br. The number of rotatable bonds is 3. The number of aliphatic hydroxyl groups excluding tert-OH is 1. The zero-order chi connectivity index (χ0) is 9.84. The third-order valence-electron chi connectivity index (χ3n) is 1.39. The first-order valence-corrected chi connectivity index (χ1v) is 4.86. The summed E-state index contributed by atoms with van der Waals surface area (Å²) in [7, 11) is 0. The number of aryl methyl sites for hydroxylation is 1. The monoisotopic (exact) mass is 265 g/mol. The number of halogens is 2. The summed E-state index contributed by atoms with van der Waals surface area (Å²) in [5.41, 5.74) is 0.764. The van der Waals surface area contributed by atoms with Crippen molar-refractivity contribution >= 4 is 33.3 Å². The van der Waals surface area contributed by atoms with Crippen LogP contribution in [0.1, 0.15) is 5.69 Å². The van der Waals surface area contributed by atoms with E-state index in [0.717, 1.165) is 10.2 Å². The van der Waals surface area contributed by atoms with Crippen LogP contribution in [-0.4, -0.2) is 28.2 Å². The first-order valence-electron chi connectivity index (χ1n) is 3.69. The molecule has 0 atom stereocenters. The van der Waals surface area contributed by atoms with Crippen LogP contribution >= 0.6 is 27.5 Å². The maximum Gasteiger partial charge on any atom is 0.224 e. The summed E-state index contributed by atoms with van der Waals surface area (Å²) in [5.74, 6) is 0.603. The Labute approximate surface area is 89.5 Å². The van der Waals surface area contributed by atoms with Crippen molar-refractivity contribution in [2.75, 3.05) is 18.5 Å². The fourth-order valence-electron chi connectivity index (χ4n) is 0.817. The minimum atomic E-state index is 0.0487. The highest BCUT2D eigenvalue weighted by atomic mass is 79.9. The van der Waals surface area contributed by atoms with Gasteiger partial charge in [0.05, 0.1) is 16.8 Å². The number of hydrogen-bond donors (Lipinski definition) is 2. The smallest absolute Gasteiger partial charge is 0.224 e. The van der Waals surface area contributed by atoms with E-state index >= 15 is 0 Å². The molecule has 6 heteroatoms. The minimum absolute atomic E-state index is 0.0487. The fourth-order valence-corrected chi connectivity index (χ4v) is 1.35. The predicted molar refractivity (Wildman–Crippen MR) is 55.1 cm³/mol. The van der Waals surface area contributed by atoms with Gasteiger partial charge < -0.3 is 10.4 Å². The Balaban J connectivity index is 2.92. The van der Waals surface area contributed by atoms with E-state index in [9.17, 15) is 0 Å². The van der Waals surface area contributed by atoms with E-state index in [-0.39, 0.29) is 11.9 Å². The summed E-state index contributed by atoms with van der Waals surface area (Å²) in [6, 6.07) is 0. The average Bonchev–Trinajstić information content (AvgIpc) is 2.09. The lowest BCUT2D eigenvalue weighted by Crippen LogP contribution is -2.08. The Morgan fingerprint density at radius 1 is 1.54 bits per heavy atom. The van der Waals surface area contributed by atoms with E-state index in [2.05, 4.69) is 31.2 Å². The van der Waals surface area contributed by atoms with Gasteiger partial charge in [0.1, 0.15) is 5.82 Å². The average molecular weight is 267 g/mol. The van der Waals surface area contributed by atoms with Gasteiger partial charge >= 0.3 is 0 Å². The number of hydrogen-bond acceptors (Lipinski definition) is 4. The quantitative estimate of drug-likeness (QED) is 0.816. The van der Waals surface area contributed by atoms with Crippen LogP contribution in [0.3, 0.4) is 0 Å². The highest BCUT2D eigenvalue weighted by Crippen LogP contribution is 2.23. The largest absolute Gasteiger partial charge is 0.395 e. The molecule has 0 amide bonds. The maximum atomic E-state index is 8.60. The first-order chi connectivity index (χ1) is 6.15. The molecule has 1 aromatic heterocycles. The Morgan fingerprint density at radius 3 is 2.85 bits per heavy atom. The molecule has 4 nitrogen and oxygen atoms in total. The summed E-state index contributed by atoms with van der Waals surface area (Å²) in [6.45, 7) is 2.31. The van der Waals surface area contributed by atoms with Gasteiger partial charge in [0.25, 0.3) is 0 Å². The number of nitrogens with one attached hydrogen (secondary N) is 1. The summed E-state index contributed by atoms with van der Waals surface area (Å²) >= 11 is 8.97. The van der Waals surface area contributed by atoms with Gasteiger partial charge in [0.15, 0.2) is 0 Å². The molecule has 72 valence electrons. The predicted octanol–water partition coefficient (Wildman–Crippen LogP) is 1.61. The van der Waals surface area contributed by atoms with Crippen LogP contribution in [-0.2, 0) is 0 Å². The highest BCUT2D eigenvalue weighted by Gasteiger charge is 2.06. The van der Waals surface area contributed by atoms with Crippen molar-refractivity contribution in [3.8, 4) is 0 Å². The molecule has 0 fully saturated rings. The lowest BCUT2D eigenvalue weighted by atomic mass is 10.4. The number of aromatic nitrogens is 2. The number of aliphatic hydroxyl groups is 1. The van der Waals surface area contributed by atoms with Gasteiger partial charge in [-0.15, -0.1) is 0 Å². The van der Waals surface area contributed by atoms with Gasteiger partial charge in [-0.2, -0.15) is 4.98 Å². The summed E-state index contributed by atoms with van der Waals surface area (Å²) in [5, 5.41) is 11.7. The molecule has 2 N–H and O–H groups in total. The van der Waals surface area contributed by atoms with Gasteiger partial charge in [0.2, 0.25) is 5.28 Å². The molecule has 1 rings (SSSR count). The van der Waals surface area contributed by atoms with E-state index in [0.29, 0.717) is 12.4 Å². The van der Waals surface area contributed by atoms with Crippen LogP contribution in [0.2, 0.25) is 5.28 Å². The molecule has 0 aliphatic rings. The molecule has 1 heterocycles. The lowest BCUT2D eigenvalue weighted by Gasteiger charge is -2.07. The summed E-state index contributed by atoms with van der Waals surface area (Å²) in [4.78, 5) is 7.90.